The molecule has 0 spiro atoms. The lowest BCUT2D eigenvalue weighted by Crippen LogP contribution is -2.36. The second kappa shape index (κ2) is 10.7. The van der Waals surface area contributed by atoms with E-state index in [9.17, 15) is 9.59 Å². The normalized spacial score (nSPS) is 12.2. The molecule has 0 saturated carbocycles. The Morgan fingerprint density at radius 1 is 0.853 bits per heavy atom. The Balaban J connectivity index is 1.84. The van der Waals surface area contributed by atoms with E-state index in [1.807, 2.05) is 50.2 Å². The first-order valence-corrected chi connectivity index (χ1v) is 11.4. The Kier molecular flexibility index (Phi) is 7.90. The van der Waals surface area contributed by atoms with Gasteiger partial charge in [-0.1, -0.05) is 62.2 Å². The van der Waals surface area contributed by atoms with E-state index in [-0.39, 0.29) is 18.1 Å². The van der Waals surface area contributed by atoms with Crippen LogP contribution in [0.2, 0.25) is 0 Å². The molecule has 0 radical (unpaired) electrons. The summed E-state index contributed by atoms with van der Waals surface area (Å²) in [6.07, 6.45) is 0.647. The molecule has 3 rings (SSSR count). The average Bonchev–Trinajstić information content (AvgIpc) is 2.78. The van der Waals surface area contributed by atoms with Crippen molar-refractivity contribution in [3.05, 3.63) is 100 Å². The maximum Gasteiger partial charge on any atom is 0.343 e. The quantitative estimate of drug-likeness (QED) is 0.357. The van der Waals surface area contributed by atoms with Gasteiger partial charge in [-0.15, -0.1) is 0 Å². The van der Waals surface area contributed by atoms with Gasteiger partial charge in [0.1, 0.15) is 12.4 Å². The number of carbonyl (C=O) groups excluding carboxylic acids is 2. The molecule has 1 atom stereocenters. The van der Waals surface area contributed by atoms with Gasteiger partial charge in [0.2, 0.25) is 0 Å². The van der Waals surface area contributed by atoms with Crippen LogP contribution in [0.3, 0.4) is 0 Å². The highest BCUT2D eigenvalue weighted by Gasteiger charge is 2.22. The lowest BCUT2D eigenvalue weighted by molar-refractivity contribution is 0.0469. The molecule has 0 aliphatic carbocycles. The fourth-order valence-corrected chi connectivity index (χ4v) is 3.38. The van der Waals surface area contributed by atoms with Gasteiger partial charge in [0, 0.05) is 11.6 Å². The number of hydrogen-bond donors (Lipinski definition) is 1. The summed E-state index contributed by atoms with van der Waals surface area (Å²) in [7, 11) is 0. The van der Waals surface area contributed by atoms with Gasteiger partial charge in [-0.2, -0.15) is 0 Å². The van der Waals surface area contributed by atoms with Gasteiger partial charge in [-0.05, 0) is 67.6 Å². The van der Waals surface area contributed by atoms with Crippen LogP contribution in [0.25, 0.3) is 0 Å². The topological polar surface area (TPSA) is 78.6 Å². The van der Waals surface area contributed by atoms with Gasteiger partial charge in [-0.3, -0.25) is 0 Å². The molecule has 0 fully saturated rings. The van der Waals surface area contributed by atoms with Gasteiger partial charge in [0.15, 0.2) is 0 Å². The number of benzene rings is 3. The van der Waals surface area contributed by atoms with Crippen LogP contribution in [0.5, 0.6) is 5.75 Å². The van der Waals surface area contributed by atoms with Crippen molar-refractivity contribution in [2.45, 2.75) is 53.7 Å². The zero-order valence-electron chi connectivity index (χ0n) is 20.6. The van der Waals surface area contributed by atoms with E-state index in [4.69, 9.17) is 15.2 Å². The molecule has 0 saturated heterocycles. The second-order valence-electron chi connectivity index (χ2n) is 9.82. The summed E-state index contributed by atoms with van der Waals surface area (Å²) in [6, 6.07) is 19.9. The second-order valence-corrected chi connectivity index (χ2v) is 9.82. The lowest BCUT2D eigenvalue weighted by atomic mass is 9.83. The van der Waals surface area contributed by atoms with Gasteiger partial charge in [-0.25, -0.2) is 9.59 Å². The third kappa shape index (κ3) is 6.78. The molecule has 0 aliphatic rings. The van der Waals surface area contributed by atoms with E-state index in [1.54, 1.807) is 30.3 Å². The Bertz CT molecular complexity index is 1160. The highest BCUT2D eigenvalue weighted by atomic mass is 16.5. The Labute approximate surface area is 201 Å². The van der Waals surface area contributed by atoms with E-state index < -0.39 is 11.9 Å². The van der Waals surface area contributed by atoms with Gasteiger partial charge < -0.3 is 15.2 Å². The summed E-state index contributed by atoms with van der Waals surface area (Å²) in [5.74, 6) is -0.544. The molecule has 0 amide bonds. The summed E-state index contributed by atoms with van der Waals surface area (Å²) in [5, 5.41) is 0. The zero-order valence-corrected chi connectivity index (χ0v) is 20.6. The number of nitrogens with two attached hydrogens (primary N) is 1. The Hall–Kier alpha value is -3.44. The zero-order chi connectivity index (χ0) is 24.9. The van der Waals surface area contributed by atoms with Crippen molar-refractivity contribution >= 4 is 11.9 Å². The van der Waals surface area contributed by atoms with Gasteiger partial charge in [0.25, 0.3) is 0 Å². The van der Waals surface area contributed by atoms with E-state index in [0.717, 1.165) is 16.7 Å². The molecule has 3 aromatic rings. The van der Waals surface area contributed by atoms with Crippen LogP contribution in [0, 0.1) is 19.3 Å². The fraction of sp³-hybridized carbons (Fsp3) is 0.310. The van der Waals surface area contributed by atoms with Crippen LogP contribution in [0.1, 0.15) is 63.7 Å². The number of hydrogen-bond acceptors (Lipinski definition) is 5. The molecule has 1 unspecified atom stereocenters. The molecule has 5 heteroatoms. The Morgan fingerprint density at radius 2 is 1.56 bits per heavy atom. The van der Waals surface area contributed by atoms with Gasteiger partial charge >= 0.3 is 11.9 Å². The predicted octanol–water partition coefficient (Wildman–Crippen LogP) is 5.80. The Morgan fingerprint density at radius 3 is 2.21 bits per heavy atom. The average molecular weight is 460 g/mol. The van der Waals surface area contributed by atoms with Crippen LogP contribution in [0.4, 0.5) is 0 Å². The molecule has 0 bridgehead atoms. The first-order valence-electron chi connectivity index (χ1n) is 11.4. The maximum atomic E-state index is 12.8. The third-order valence-corrected chi connectivity index (χ3v) is 5.80. The van der Waals surface area contributed by atoms with E-state index in [0.29, 0.717) is 28.9 Å². The molecule has 2 N–H and O–H groups in total. The van der Waals surface area contributed by atoms with Crippen LogP contribution < -0.4 is 10.5 Å². The van der Waals surface area contributed by atoms with Crippen molar-refractivity contribution in [1.29, 1.82) is 0 Å². The maximum absolute atomic E-state index is 12.8. The molecular weight excluding hydrogens is 426 g/mol. The molecule has 3 aromatic carbocycles. The minimum Gasteiger partial charge on any atom is -0.457 e. The molecular formula is C29H33NO4. The van der Waals surface area contributed by atoms with E-state index >= 15 is 0 Å². The van der Waals surface area contributed by atoms with Crippen molar-refractivity contribution in [3.63, 3.8) is 0 Å². The van der Waals surface area contributed by atoms with Crippen molar-refractivity contribution in [1.82, 2.24) is 0 Å². The summed E-state index contributed by atoms with van der Waals surface area (Å²) in [4.78, 5) is 25.3. The first-order chi connectivity index (χ1) is 16.0. The summed E-state index contributed by atoms with van der Waals surface area (Å²) < 4.78 is 11.3. The van der Waals surface area contributed by atoms with Crippen molar-refractivity contribution in [3.8, 4) is 5.75 Å². The first kappa shape index (κ1) is 25.2. The molecule has 178 valence electrons. The largest absolute Gasteiger partial charge is 0.457 e. The minimum absolute atomic E-state index is 0.0261. The van der Waals surface area contributed by atoms with Crippen molar-refractivity contribution < 1.29 is 19.1 Å². The minimum atomic E-state index is -0.464. The smallest absolute Gasteiger partial charge is 0.343 e. The highest BCUT2D eigenvalue weighted by Crippen LogP contribution is 2.26. The summed E-state index contributed by atoms with van der Waals surface area (Å²) in [5.41, 5.74) is 10.9. The van der Waals surface area contributed by atoms with E-state index in [1.165, 1.54) is 0 Å². The van der Waals surface area contributed by atoms with Crippen LogP contribution >= 0.6 is 0 Å². The number of carbonyl (C=O) groups is 2. The predicted molar refractivity (Wildman–Crippen MR) is 134 cm³/mol. The number of aryl methyl sites for hydroxylation is 2. The standard InChI is InChI=1S/C29H33NO4/c1-19-9-12-22(13-10-19)27(31)33-18-24-16-21(17-26(30)29(3,4)5)11-14-25(24)34-28(32)23-8-6-7-20(2)15-23/h6-16,26H,17-18,30H2,1-5H3. The highest BCUT2D eigenvalue weighted by molar-refractivity contribution is 5.91. The third-order valence-electron chi connectivity index (χ3n) is 5.80. The van der Waals surface area contributed by atoms with Crippen molar-refractivity contribution in [2.75, 3.05) is 0 Å². The molecule has 5 nitrogen and oxygen atoms in total. The number of ether oxygens (including phenoxy) is 2. The number of rotatable bonds is 7. The van der Waals surface area contributed by atoms with Crippen LogP contribution in [0.15, 0.2) is 66.7 Å². The molecule has 0 aromatic heterocycles. The summed E-state index contributed by atoms with van der Waals surface area (Å²) in [6.45, 7) is 10.1. The SMILES string of the molecule is Cc1ccc(C(=O)OCc2cc(CC(N)C(C)(C)C)ccc2OC(=O)c2cccc(C)c2)cc1. The van der Waals surface area contributed by atoms with Crippen LogP contribution in [-0.2, 0) is 17.8 Å². The molecule has 0 aliphatic heterocycles. The van der Waals surface area contributed by atoms with Crippen molar-refractivity contribution in [2.24, 2.45) is 11.1 Å². The fourth-order valence-electron chi connectivity index (χ4n) is 3.38. The van der Waals surface area contributed by atoms with Crippen LogP contribution in [-0.4, -0.2) is 18.0 Å². The number of esters is 2. The van der Waals surface area contributed by atoms with Gasteiger partial charge in [0.05, 0.1) is 11.1 Å². The lowest BCUT2D eigenvalue weighted by Gasteiger charge is -2.27. The molecule has 34 heavy (non-hydrogen) atoms. The molecule has 0 heterocycles. The summed E-state index contributed by atoms with van der Waals surface area (Å²) >= 11 is 0. The van der Waals surface area contributed by atoms with E-state index in [2.05, 4.69) is 20.8 Å². The monoisotopic (exact) mass is 459 g/mol.